The van der Waals surface area contributed by atoms with Crippen molar-refractivity contribution in [2.24, 2.45) is 5.41 Å². The summed E-state index contributed by atoms with van der Waals surface area (Å²) in [5.74, 6) is 0.886. The van der Waals surface area contributed by atoms with Crippen LogP contribution in [0.4, 0.5) is 5.82 Å². The molecule has 1 aliphatic heterocycles. The van der Waals surface area contributed by atoms with Crippen molar-refractivity contribution in [1.29, 1.82) is 0 Å². The minimum atomic E-state index is -0.565. The Morgan fingerprint density at radius 2 is 2.10 bits per heavy atom. The first-order valence-electron chi connectivity index (χ1n) is 8.01. The molecule has 1 atom stereocenters. The van der Waals surface area contributed by atoms with Gasteiger partial charge in [0.05, 0.1) is 12.6 Å². The van der Waals surface area contributed by atoms with E-state index in [0.29, 0.717) is 11.0 Å². The van der Waals surface area contributed by atoms with Crippen molar-refractivity contribution in [2.45, 2.75) is 58.6 Å². The molecule has 1 aliphatic carbocycles. The lowest BCUT2D eigenvalue weighted by Crippen LogP contribution is -2.33. The van der Waals surface area contributed by atoms with Gasteiger partial charge < -0.3 is 10.0 Å². The summed E-state index contributed by atoms with van der Waals surface area (Å²) in [5, 5.41) is 14.0. The van der Waals surface area contributed by atoms with Gasteiger partial charge >= 0.3 is 0 Å². The second kappa shape index (κ2) is 5.44. The van der Waals surface area contributed by atoms with E-state index >= 15 is 0 Å². The lowest BCUT2D eigenvalue weighted by atomic mass is 9.86. The van der Waals surface area contributed by atoms with Gasteiger partial charge in [-0.05, 0) is 44.6 Å². The fraction of sp³-hybridized carbons (Fsp3) is 0.750. The summed E-state index contributed by atoms with van der Waals surface area (Å²) in [6.07, 6.45) is 6.03. The molecule has 1 aromatic rings. The number of aromatic nitrogens is 2. The zero-order valence-corrected chi connectivity index (χ0v) is 13.0. The molecule has 0 bridgehead atoms. The van der Waals surface area contributed by atoms with Gasteiger partial charge in [0.1, 0.15) is 5.82 Å². The van der Waals surface area contributed by atoms with Gasteiger partial charge in [0.2, 0.25) is 0 Å². The molecular weight excluding hydrogens is 266 g/mol. The zero-order chi connectivity index (χ0) is 15.0. The van der Waals surface area contributed by atoms with Crippen LogP contribution in [0, 0.1) is 12.3 Å². The first-order chi connectivity index (χ1) is 9.99. The smallest absolute Gasteiger partial charge is 0.269 e. The van der Waals surface area contributed by atoms with Crippen LogP contribution in [0.3, 0.4) is 0 Å². The van der Waals surface area contributed by atoms with Crippen LogP contribution in [0.2, 0.25) is 0 Å². The summed E-state index contributed by atoms with van der Waals surface area (Å²) in [7, 11) is 0. The standard InChI is InChI=1S/C16H25N3O2/c1-12-9-14(17-19(15(12)21)10-13(2)20)18-8-7-16(11-18)5-3-4-6-16/h9,13,20H,3-8,10-11H2,1-2H3/t13-/m1/s1. The van der Waals surface area contributed by atoms with Crippen LogP contribution in [-0.2, 0) is 6.54 Å². The van der Waals surface area contributed by atoms with Crippen LogP contribution in [-0.4, -0.2) is 34.1 Å². The van der Waals surface area contributed by atoms with Crippen LogP contribution in [0.25, 0.3) is 0 Å². The average molecular weight is 291 g/mol. The molecule has 2 aliphatic rings. The van der Waals surface area contributed by atoms with Crippen molar-refractivity contribution in [3.63, 3.8) is 0 Å². The molecule has 0 radical (unpaired) electrons. The van der Waals surface area contributed by atoms with Crippen LogP contribution in [0.15, 0.2) is 10.9 Å². The summed E-state index contributed by atoms with van der Waals surface area (Å²) >= 11 is 0. The lowest BCUT2D eigenvalue weighted by Gasteiger charge is -2.24. The molecule has 5 heteroatoms. The average Bonchev–Trinajstić information content (AvgIpc) is 3.05. The normalized spacial score (nSPS) is 22.1. The molecule has 2 heterocycles. The Balaban J connectivity index is 1.85. The molecule has 21 heavy (non-hydrogen) atoms. The molecule has 116 valence electrons. The molecule has 2 fully saturated rings. The van der Waals surface area contributed by atoms with Crippen LogP contribution >= 0.6 is 0 Å². The van der Waals surface area contributed by atoms with E-state index in [1.165, 1.54) is 36.8 Å². The maximum Gasteiger partial charge on any atom is 0.269 e. The number of hydrogen-bond acceptors (Lipinski definition) is 4. The van der Waals surface area contributed by atoms with Gasteiger partial charge in [-0.1, -0.05) is 12.8 Å². The Morgan fingerprint density at radius 1 is 1.38 bits per heavy atom. The molecular formula is C16H25N3O2. The third-order valence-corrected chi connectivity index (χ3v) is 5.00. The molecule has 0 amide bonds. The van der Waals surface area contributed by atoms with Gasteiger partial charge in [-0.3, -0.25) is 4.79 Å². The topological polar surface area (TPSA) is 58.4 Å². The predicted octanol–water partition coefficient (Wildman–Crippen LogP) is 1.70. The fourth-order valence-corrected chi connectivity index (χ4v) is 3.85. The van der Waals surface area contributed by atoms with Gasteiger partial charge in [-0.2, -0.15) is 5.10 Å². The number of anilines is 1. The maximum absolute atomic E-state index is 12.1. The van der Waals surface area contributed by atoms with E-state index < -0.39 is 6.10 Å². The van der Waals surface area contributed by atoms with Gasteiger partial charge in [-0.25, -0.2) is 4.68 Å². The van der Waals surface area contributed by atoms with Gasteiger partial charge in [0.25, 0.3) is 5.56 Å². The first kappa shape index (κ1) is 14.6. The fourth-order valence-electron chi connectivity index (χ4n) is 3.85. The summed E-state index contributed by atoms with van der Waals surface area (Å²) in [5.41, 5.74) is 1.09. The summed E-state index contributed by atoms with van der Waals surface area (Å²) in [4.78, 5) is 14.4. The molecule has 0 aromatic carbocycles. The Labute approximate surface area is 125 Å². The molecule has 1 N–H and O–H groups in total. The SMILES string of the molecule is Cc1cc(N2CCC3(CCCC3)C2)nn(C[C@@H](C)O)c1=O. The number of hydrogen-bond donors (Lipinski definition) is 1. The van der Waals surface area contributed by atoms with Crippen LogP contribution < -0.4 is 10.5 Å². The second-order valence-electron chi connectivity index (χ2n) is 6.90. The molecule has 1 aromatic heterocycles. The minimum absolute atomic E-state index is 0.102. The van der Waals surface area contributed by atoms with E-state index in [1.807, 2.05) is 13.0 Å². The van der Waals surface area contributed by atoms with E-state index in [-0.39, 0.29) is 12.1 Å². The summed E-state index contributed by atoms with van der Waals surface area (Å²) in [6.45, 7) is 5.85. The van der Waals surface area contributed by atoms with E-state index in [2.05, 4.69) is 10.00 Å². The predicted molar refractivity (Wildman–Crippen MR) is 82.6 cm³/mol. The minimum Gasteiger partial charge on any atom is -0.391 e. The lowest BCUT2D eigenvalue weighted by molar-refractivity contribution is 0.166. The second-order valence-corrected chi connectivity index (χ2v) is 6.90. The number of nitrogens with zero attached hydrogens (tertiary/aromatic N) is 3. The van der Waals surface area contributed by atoms with Gasteiger partial charge in [0, 0.05) is 18.7 Å². The molecule has 3 rings (SSSR count). The molecule has 0 unspecified atom stereocenters. The number of aliphatic hydroxyl groups excluding tert-OH is 1. The van der Waals surface area contributed by atoms with Crippen molar-refractivity contribution >= 4 is 5.82 Å². The third-order valence-electron chi connectivity index (χ3n) is 5.00. The highest BCUT2D eigenvalue weighted by molar-refractivity contribution is 5.41. The van der Waals surface area contributed by atoms with Crippen molar-refractivity contribution in [3.05, 3.63) is 22.0 Å². The van der Waals surface area contributed by atoms with Gasteiger partial charge in [-0.15, -0.1) is 0 Å². The maximum atomic E-state index is 12.1. The molecule has 1 saturated heterocycles. The highest BCUT2D eigenvalue weighted by Gasteiger charge is 2.40. The molecule has 5 nitrogen and oxygen atoms in total. The van der Waals surface area contributed by atoms with Crippen molar-refractivity contribution in [1.82, 2.24) is 9.78 Å². The van der Waals surface area contributed by atoms with Crippen molar-refractivity contribution in [3.8, 4) is 0 Å². The molecule has 1 saturated carbocycles. The summed E-state index contributed by atoms with van der Waals surface area (Å²) < 4.78 is 1.41. The van der Waals surface area contributed by atoms with Crippen molar-refractivity contribution < 1.29 is 5.11 Å². The van der Waals surface area contributed by atoms with E-state index in [9.17, 15) is 9.90 Å². The van der Waals surface area contributed by atoms with Gasteiger partial charge in [0.15, 0.2) is 0 Å². The van der Waals surface area contributed by atoms with E-state index in [1.54, 1.807) is 6.92 Å². The quantitative estimate of drug-likeness (QED) is 0.921. The number of aryl methyl sites for hydroxylation is 1. The van der Waals surface area contributed by atoms with Crippen LogP contribution in [0.1, 0.15) is 44.6 Å². The van der Waals surface area contributed by atoms with Crippen molar-refractivity contribution in [2.75, 3.05) is 18.0 Å². The van der Waals surface area contributed by atoms with E-state index in [0.717, 1.165) is 18.9 Å². The number of aliphatic hydroxyl groups is 1. The zero-order valence-electron chi connectivity index (χ0n) is 13.0. The molecule has 1 spiro atoms. The highest BCUT2D eigenvalue weighted by Crippen LogP contribution is 2.45. The highest BCUT2D eigenvalue weighted by atomic mass is 16.3. The van der Waals surface area contributed by atoms with E-state index in [4.69, 9.17) is 0 Å². The summed E-state index contributed by atoms with van der Waals surface area (Å²) in [6, 6.07) is 1.90. The Morgan fingerprint density at radius 3 is 2.76 bits per heavy atom. The third kappa shape index (κ3) is 2.84. The Hall–Kier alpha value is -1.36. The Bertz CT molecular complexity index is 573. The first-order valence-corrected chi connectivity index (χ1v) is 8.01. The van der Waals surface area contributed by atoms with Crippen LogP contribution in [0.5, 0.6) is 0 Å². The largest absolute Gasteiger partial charge is 0.391 e. The monoisotopic (exact) mass is 291 g/mol. The Kier molecular flexibility index (Phi) is 3.78. The number of rotatable bonds is 3.